The van der Waals surface area contributed by atoms with Crippen molar-refractivity contribution in [3.05, 3.63) is 47.3 Å². The van der Waals surface area contributed by atoms with Gasteiger partial charge in [-0.15, -0.1) is 0 Å². The summed E-state index contributed by atoms with van der Waals surface area (Å²) in [5.41, 5.74) is 1.22. The molecular weight excluding hydrogens is 297 g/mol. The van der Waals surface area contributed by atoms with Crippen LogP contribution in [0.3, 0.4) is 0 Å². The van der Waals surface area contributed by atoms with Gasteiger partial charge in [0.1, 0.15) is 11.9 Å². The van der Waals surface area contributed by atoms with Crippen molar-refractivity contribution in [2.24, 2.45) is 17.8 Å². The van der Waals surface area contributed by atoms with Gasteiger partial charge in [-0.2, -0.15) is 5.26 Å². The maximum atomic E-state index is 13.8. The lowest BCUT2D eigenvalue weighted by atomic mass is 9.77. The average molecular weight is 325 g/mol. The molecule has 0 spiro atoms. The highest BCUT2D eigenvalue weighted by atomic mass is 19.1. The van der Waals surface area contributed by atoms with Gasteiger partial charge in [0.15, 0.2) is 0 Å². The number of nitrogens with zero attached hydrogens (tertiary/aromatic N) is 1. The second kappa shape index (κ2) is 7.97. The molecule has 1 aromatic carbocycles. The molecule has 0 N–H and O–H groups in total. The van der Waals surface area contributed by atoms with Gasteiger partial charge < -0.3 is 0 Å². The summed E-state index contributed by atoms with van der Waals surface area (Å²) in [5, 5.41) is 8.84. The number of benzene rings is 1. The van der Waals surface area contributed by atoms with Crippen LogP contribution in [0.1, 0.15) is 75.3 Å². The van der Waals surface area contributed by atoms with Crippen LogP contribution >= 0.6 is 0 Å². The number of nitriles is 1. The standard InChI is InChI=1S/C22H28FN/c1-16-2-4-17(5-3-16)6-7-18-8-10-19(11-9-18)20-12-13-21(15-24)22(23)14-20/h6-7,12-14,16-19H,2-5,8-11H2,1H3/b7-6+/t16-,17-,18-,19-. The van der Waals surface area contributed by atoms with Crippen LogP contribution in [0.25, 0.3) is 0 Å². The highest BCUT2D eigenvalue weighted by Crippen LogP contribution is 2.37. The quantitative estimate of drug-likeness (QED) is 0.594. The van der Waals surface area contributed by atoms with Crippen LogP contribution in [0.2, 0.25) is 0 Å². The van der Waals surface area contributed by atoms with Crippen LogP contribution in [0.15, 0.2) is 30.4 Å². The molecule has 1 nitrogen and oxygen atoms in total. The first-order valence-corrected chi connectivity index (χ1v) is 9.53. The van der Waals surface area contributed by atoms with Crippen molar-refractivity contribution in [2.45, 2.75) is 64.2 Å². The summed E-state index contributed by atoms with van der Waals surface area (Å²) in [6.07, 6.45) is 15.1. The molecule has 0 heterocycles. The maximum Gasteiger partial charge on any atom is 0.141 e. The lowest BCUT2D eigenvalue weighted by molar-refractivity contribution is 0.326. The SMILES string of the molecule is C[C@H]1CC[C@H](/C=C/[C@H]2CC[C@H](c3ccc(C#N)c(F)c3)CC2)CC1. The third kappa shape index (κ3) is 4.26. The number of hydrogen-bond donors (Lipinski definition) is 0. The van der Waals surface area contributed by atoms with E-state index in [0.717, 1.165) is 30.2 Å². The zero-order valence-electron chi connectivity index (χ0n) is 14.7. The Labute approximate surface area is 145 Å². The first-order chi connectivity index (χ1) is 11.7. The Kier molecular flexibility index (Phi) is 5.72. The van der Waals surface area contributed by atoms with E-state index in [9.17, 15) is 4.39 Å². The van der Waals surface area contributed by atoms with Gasteiger partial charge in [-0.1, -0.05) is 38.0 Å². The molecule has 0 unspecified atom stereocenters. The number of hydrogen-bond acceptors (Lipinski definition) is 1. The first-order valence-electron chi connectivity index (χ1n) is 9.53. The average Bonchev–Trinajstić information content (AvgIpc) is 2.61. The van der Waals surface area contributed by atoms with E-state index in [2.05, 4.69) is 19.1 Å². The lowest BCUT2D eigenvalue weighted by Crippen LogP contribution is -2.13. The third-order valence-electron chi connectivity index (χ3n) is 6.07. The summed E-state index contributed by atoms with van der Waals surface area (Å²) < 4.78 is 13.8. The van der Waals surface area contributed by atoms with Crippen molar-refractivity contribution in [2.75, 3.05) is 0 Å². The Morgan fingerprint density at radius 2 is 1.54 bits per heavy atom. The van der Waals surface area contributed by atoms with Crippen molar-refractivity contribution >= 4 is 0 Å². The zero-order chi connectivity index (χ0) is 16.9. The van der Waals surface area contributed by atoms with Crippen molar-refractivity contribution < 1.29 is 4.39 Å². The smallest absolute Gasteiger partial charge is 0.141 e. The summed E-state index contributed by atoms with van der Waals surface area (Å²) in [6.45, 7) is 2.37. The fourth-order valence-corrected chi connectivity index (χ4v) is 4.31. The van der Waals surface area contributed by atoms with Gasteiger partial charge in [0.2, 0.25) is 0 Å². The van der Waals surface area contributed by atoms with Crippen molar-refractivity contribution in [3.63, 3.8) is 0 Å². The zero-order valence-corrected chi connectivity index (χ0v) is 14.7. The van der Waals surface area contributed by atoms with Crippen LogP contribution in [-0.4, -0.2) is 0 Å². The van der Waals surface area contributed by atoms with Crippen LogP contribution in [0, 0.1) is 34.9 Å². The number of allylic oxidation sites excluding steroid dienone is 2. The number of rotatable bonds is 3. The van der Waals surface area contributed by atoms with Gasteiger partial charge in [-0.3, -0.25) is 0 Å². The molecule has 0 bridgehead atoms. The summed E-state index contributed by atoms with van der Waals surface area (Å²) in [7, 11) is 0. The van der Waals surface area contributed by atoms with Crippen molar-refractivity contribution in [1.29, 1.82) is 5.26 Å². The normalized spacial score (nSPS) is 31.0. The van der Waals surface area contributed by atoms with Crippen LogP contribution in [0.4, 0.5) is 4.39 Å². The van der Waals surface area contributed by atoms with E-state index in [1.807, 2.05) is 12.1 Å². The van der Waals surface area contributed by atoms with Gasteiger partial charge in [0.25, 0.3) is 0 Å². The highest BCUT2D eigenvalue weighted by molar-refractivity contribution is 5.35. The van der Waals surface area contributed by atoms with Crippen LogP contribution in [-0.2, 0) is 0 Å². The molecule has 24 heavy (non-hydrogen) atoms. The molecule has 2 heteroatoms. The van der Waals surface area contributed by atoms with E-state index in [1.165, 1.54) is 38.5 Å². The van der Waals surface area contributed by atoms with Crippen LogP contribution in [0.5, 0.6) is 0 Å². The van der Waals surface area contributed by atoms with E-state index < -0.39 is 0 Å². The molecule has 2 aliphatic rings. The van der Waals surface area contributed by atoms with Crippen LogP contribution < -0.4 is 0 Å². The van der Waals surface area contributed by atoms with E-state index in [1.54, 1.807) is 12.1 Å². The molecule has 0 aliphatic heterocycles. The van der Waals surface area contributed by atoms with Gasteiger partial charge in [0.05, 0.1) is 5.56 Å². The lowest BCUT2D eigenvalue weighted by Gasteiger charge is -2.28. The summed E-state index contributed by atoms with van der Waals surface area (Å²) in [6, 6.07) is 7.03. The van der Waals surface area contributed by atoms with Gasteiger partial charge in [-0.05, 0) is 79.9 Å². The topological polar surface area (TPSA) is 23.8 Å². The minimum absolute atomic E-state index is 0.150. The summed E-state index contributed by atoms with van der Waals surface area (Å²) >= 11 is 0. The molecule has 3 rings (SSSR count). The Morgan fingerprint density at radius 1 is 0.958 bits per heavy atom. The van der Waals surface area contributed by atoms with E-state index in [0.29, 0.717) is 11.8 Å². The Morgan fingerprint density at radius 3 is 2.08 bits per heavy atom. The Balaban J connectivity index is 1.50. The maximum absolute atomic E-state index is 13.8. The molecule has 0 saturated heterocycles. The second-order valence-corrected chi connectivity index (χ2v) is 7.87. The second-order valence-electron chi connectivity index (χ2n) is 7.87. The Hall–Kier alpha value is -1.62. The molecule has 0 radical (unpaired) electrons. The van der Waals surface area contributed by atoms with E-state index >= 15 is 0 Å². The van der Waals surface area contributed by atoms with Gasteiger partial charge >= 0.3 is 0 Å². The molecule has 2 fully saturated rings. The molecule has 2 aliphatic carbocycles. The molecule has 0 amide bonds. The predicted octanol–water partition coefficient (Wildman–Crippen LogP) is 6.35. The Bertz CT molecular complexity index is 611. The molecule has 0 atom stereocenters. The molecule has 2 saturated carbocycles. The highest BCUT2D eigenvalue weighted by Gasteiger charge is 2.22. The molecular formula is C22H28FN. The summed E-state index contributed by atoms with van der Waals surface area (Å²) in [5.74, 6) is 2.49. The van der Waals surface area contributed by atoms with Crippen molar-refractivity contribution in [3.8, 4) is 6.07 Å². The molecule has 0 aromatic heterocycles. The third-order valence-corrected chi connectivity index (χ3v) is 6.07. The first kappa shape index (κ1) is 17.2. The minimum atomic E-state index is -0.372. The summed E-state index contributed by atoms with van der Waals surface area (Å²) in [4.78, 5) is 0. The predicted molar refractivity (Wildman–Crippen MR) is 96.1 cm³/mol. The van der Waals surface area contributed by atoms with Crippen molar-refractivity contribution in [1.82, 2.24) is 0 Å². The minimum Gasteiger partial charge on any atom is -0.206 e. The van der Waals surface area contributed by atoms with Gasteiger partial charge in [0, 0.05) is 0 Å². The van der Waals surface area contributed by atoms with Gasteiger partial charge in [-0.25, -0.2) is 4.39 Å². The largest absolute Gasteiger partial charge is 0.206 e. The van der Waals surface area contributed by atoms with E-state index in [4.69, 9.17) is 5.26 Å². The fourth-order valence-electron chi connectivity index (χ4n) is 4.31. The molecule has 128 valence electrons. The number of halogens is 1. The fraction of sp³-hybridized carbons (Fsp3) is 0.591. The molecule has 1 aromatic rings. The van der Waals surface area contributed by atoms with E-state index in [-0.39, 0.29) is 11.4 Å². The monoisotopic (exact) mass is 325 g/mol.